The van der Waals surface area contributed by atoms with Gasteiger partial charge in [0.25, 0.3) is 0 Å². The highest BCUT2D eigenvalue weighted by Gasteiger charge is 2.14. The average Bonchev–Trinajstić information content (AvgIpc) is 2.86. The van der Waals surface area contributed by atoms with Crippen LogP contribution in [0.5, 0.6) is 0 Å². The standard InChI is InChI=1S/C19H22ClN3O/c20-17-6-5-14-7-11-21-12-8-16(14)19(17)23-10-2-4-18(24)15-3-1-9-22-13-15/h1,3,5-6,9,13,21,23H,2,4,7-8,10-12H2. The summed E-state index contributed by atoms with van der Waals surface area (Å²) in [5.41, 5.74) is 4.38. The lowest BCUT2D eigenvalue weighted by Gasteiger charge is -2.16. The predicted octanol–water partition coefficient (Wildman–Crippen LogP) is 3.50. The van der Waals surface area contributed by atoms with Gasteiger partial charge in [0.15, 0.2) is 5.78 Å². The highest BCUT2D eigenvalue weighted by molar-refractivity contribution is 6.33. The minimum atomic E-state index is 0.132. The van der Waals surface area contributed by atoms with Gasteiger partial charge in [-0.15, -0.1) is 0 Å². The third kappa shape index (κ3) is 4.13. The number of hydrogen-bond donors (Lipinski definition) is 2. The molecule has 2 heterocycles. The van der Waals surface area contributed by atoms with E-state index in [1.165, 1.54) is 11.1 Å². The van der Waals surface area contributed by atoms with Crippen molar-refractivity contribution in [1.82, 2.24) is 10.3 Å². The summed E-state index contributed by atoms with van der Waals surface area (Å²) >= 11 is 6.39. The molecule has 1 aliphatic heterocycles. The van der Waals surface area contributed by atoms with Crippen LogP contribution in [0.4, 0.5) is 5.69 Å². The number of halogens is 1. The molecule has 0 unspecified atom stereocenters. The van der Waals surface area contributed by atoms with Crippen molar-refractivity contribution in [2.24, 2.45) is 0 Å². The quantitative estimate of drug-likeness (QED) is 0.622. The second-order valence-electron chi connectivity index (χ2n) is 6.01. The summed E-state index contributed by atoms with van der Waals surface area (Å²) in [6.07, 6.45) is 6.58. The lowest BCUT2D eigenvalue weighted by molar-refractivity contribution is 0.0981. The van der Waals surface area contributed by atoms with Crippen molar-refractivity contribution in [1.29, 1.82) is 0 Å². The number of aromatic nitrogens is 1. The normalized spacial score (nSPS) is 13.9. The van der Waals surface area contributed by atoms with Crippen molar-refractivity contribution in [3.8, 4) is 0 Å². The van der Waals surface area contributed by atoms with E-state index in [1.54, 1.807) is 18.5 Å². The Hall–Kier alpha value is -1.91. The van der Waals surface area contributed by atoms with E-state index in [4.69, 9.17) is 11.6 Å². The minimum absolute atomic E-state index is 0.132. The van der Waals surface area contributed by atoms with Gasteiger partial charge in [0.2, 0.25) is 0 Å². The molecule has 2 aromatic rings. The van der Waals surface area contributed by atoms with E-state index in [-0.39, 0.29) is 5.78 Å². The Morgan fingerprint density at radius 2 is 2.12 bits per heavy atom. The summed E-state index contributed by atoms with van der Waals surface area (Å²) in [5.74, 6) is 0.132. The summed E-state index contributed by atoms with van der Waals surface area (Å²) in [6, 6.07) is 7.69. The number of ketones is 1. The Bertz CT molecular complexity index is 703. The molecule has 0 fully saturated rings. The van der Waals surface area contributed by atoms with Crippen molar-refractivity contribution in [2.45, 2.75) is 25.7 Å². The van der Waals surface area contributed by atoms with Crippen LogP contribution in [0.15, 0.2) is 36.7 Å². The predicted molar refractivity (Wildman–Crippen MR) is 98.0 cm³/mol. The second kappa shape index (κ2) is 8.27. The van der Waals surface area contributed by atoms with Gasteiger partial charge in [-0.05, 0) is 61.7 Å². The van der Waals surface area contributed by atoms with Crippen LogP contribution in [0.2, 0.25) is 5.02 Å². The first-order valence-electron chi connectivity index (χ1n) is 8.44. The molecule has 5 heteroatoms. The molecule has 0 radical (unpaired) electrons. The van der Waals surface area contributed by atoms with E-state index < -0.39 is 0 Å². The Labute approximate surface area is 147 Å². The molecule has 0 amide bonds. The summed E-state index contributed by atoms with van der Waals surface area (Å²) in [4.78, 5) is 16.1. The van der Waals surface area contributed by atoms with Crippen LogP contribution >= 0.6 is 11.6 Å². The summed E-state index contributed by atoms with van der Waals surface area (Å²) in [6.45, 7) is 2.71. The van der Waals surface area contributed by atoms with Gasteiger partial charge in [-0.1, -0.05) is 17.7 Å². The number of hydrogen-bond acceptors (Lipinski definition) is 4. The highest BCUT2D eigenvalue weighted by atomic mass is 35.5. The molecule has 0 saturated carbocycles. The van der Waals surface area contributed by atoms with Crippen LogP contribution in [0.3, 0.4) is 0 Å². The molecule has 3 rings (SSSR count). The first-order chi connectivity index (χ1) is 11.8. The van der Waals surface area contributed by atoms with Gasteiger partial charge < -0.3 is 10.6 Å². The zero-order valence-electron chi connectivity index (χ0n) is 13.6. The largest absolute Gasteiger partial charge is 0.384 e. The zero-order valence-corrected chi connectivity index (χ0v) is 14.4. The molecular weight excluding hydrogens is 322 g/mol. The van der Waals surface area contributed by atoms with Gasteiger partial charge >= 0.3 is 0 Å². The number of carbonyl (C=O) groups is 1. The first-order valence-corrected chi connectivity index (χ1v) is 8.81. The van der Waals surface area contributed by atoms with Crippen molar-refractivity contribution in [3.05, 3.63) is 58.4 Å². The molecule has 126 valence electrons. The van der Waals surface area contributed by atoms with Crippen LogP contribution in [0, 0.1) is 0 Å². The maximum atomic E-state index is 12.1. The molecule has 4 nitrogen and oxygen atoms in total. The molecule has 0 bridgehead atoms. The number of Topliss-reactive ketones (excluding diaryl/α,β-unsaturated/α-hetero) is 1. The lowest BCUT2D eigenvalue weighted by atomic mass is 10.0. The first kappa shape index (κ1) is 16.9. The summed E-state index contributed by atoms with van der Waals surface area (Å²) in [7, 11) is 0. The van der Waals surface area contributed by atoms with Crippen LogP contribution < -0.4 is 10.6 Å². The number of anilines is 1. The molecule has 0 spiro atoms. The van der Waals surface area contributed by atoms with Crippen molar-refractivity contribution >= 4 is 23.1 Å². The second-order valence-corrected chi connectivity index (χ2v) is 6.41. The lowest BCUT2D eigenvalue weighted by Crippen LogP contribution is -2.16. The topological polar surface area (TPSA) is 54.0 Å². The molecule has 0 aliphatic carbocycles. The molecule has 1 aromatic carbocycles. The van der Waals surface area contributed by atoms with E-state index in [0.717, 1.165) is 49.6 Å². The van der Waals surface area contributed by atoms with E-state index in [2.05, 4.69) is 21.7 Å². The smallest absolute Gasteiger partial charge is 0.164 e. The fourth-order valence-corrected chi connectivity index (χ4v) is 3.31. The molecule has 0 atom stereocenters. The van der Waals surface area contributed by atoms with Gasteiger partial charge in [0.1, 0.15) is 0 Å². The van der Waals surface area contributed by atoms with Gasteiger partial charge in [-0.3, -0.25) is 9.78 Å². The number of nitrogens with zero attached hydrogens (tertiary/aromatic N) is 1. The Balaban J connectivity index is 1.58. The Kier molecular flexibility index (Phi) is 5.83. The van der Waals surface area contributed by atoms with Gasteiger partial charge in [0.05, 0.1) is 10.7 Å². The minimum Gasteiger partial charge on any atom is -0.384 e. The van der Waals surface area contributed by atoms with Crippen molar-refractivity contribution in [3.63, 3.8) is 0 Å². The monoisotopic (exact) mass is 343 g/mol. The fraction of sp³-hybridized carbons (Fsp3) is 0.368. The van der Waals surface area contributed by atoms with E-state index in [0.29, 0.717) is 12.0 Å². The maximum absolute atomic E-state index is 12.1. The van der Waals surface area contributed by atoms with Crippen LogP contribution in [-0.2, 0) is 12.8 Å². The number of rotatable bonds is 6. The third-order valence-electron chi connectivity index (χ3n) is 4.35. The summed E-state index contributed by atoms with van der Waals surface area (Å²) < 4.78 is 0. The van der Waals surface area contributed by atoms with Crippen molar-refractivity contribution in [2.75, 3.05) is 25.0 Å². The highest BCUT2D eigenvalue weighted by Crippen LogP contribution is 2.30. The fourth-order valence-electron chi connectivity index (χ4n) is 3.07. The van der Waals surface area contributed by atoms with Gasteiger partial charge in [0, 0.05) is 30.9 Å². The van der Waals surface area contributed by atoms with E-state index in [1.807, 2.05) is 12.1 Å². The van der Waals surface area contributed by atoms with Crippen LogP contribution in [-0.4, -0.2) is 30.4 Å². The molecular formula is C19H22ClN3O. The number of benzene rings is 1. The van der Waals surface area contributed by atoms with Crippen LogP contribution in [0.1, 0.15) is 34.3 Å². The maximum Gasteiger partial charge on any atom is 0.164 e. The molecule has 24 heavy (non-hydrogen) atoms. The zero-order chi connectivity index (χ0) is 16.8. The van der Waals surface area contributed by atoms with E-state index >= 15 is 0 Å². The van der Waals surface area contributed by atoms with Gasteiger partial charge in [-0.25, -0.2) is 0 Å². The summed E-state index contributed by atoms with van der Waals surface area (Å²) in [5, 5.41) is 7.63. The van der Waals surface area contributed by atoms with Crippen LogP contribution in [0.25, 0.3) is 0 Å². The average molecular weight is 344 g/mol. The molecule has 2 N–H and O–H groups in total. The van der Waals surface area contributed by atoms with E-state index in [9.17, 15) is 4.79 Å². The Morgan fingerprint density at radius 1 is 1.25 bits per heavy atom. The number of nitrogens with one attached hydrogen (secondary N) is 2. The Morgan fingerprint density at radius 3 is 2.96 bits per heavy atom. The molecule has 1 aliphatic rings. The molecule has 0 saturated heterocycles. The number of pyridine rings is 1. The van der Waals surface area contributed by atoms with Crippen molar-refractivity contribution < 1.29 is 4.79 Å². The number of carbonyl (C=O) groups excluding carboxylic acids is 1. The molecule has 1 aromatic heterocycles. The number of fused-ring (bicyclic) bond motifs is 1. The third-order valence-corrected chi connectivity index (χ3v) is 4.66. The SMILES string of the molecule is O=C(CCCNc1c(Cl)ccc2c1CCNCC2)c1cccnc1. The van der Waals surface area contributed by atoms with Gasteiger partial charge in [-0.2, -0.15) is 0 Å².